The molecule has 1 N–H and O–H groups in total. The average molecular weight is 414 g/mol. The van der Waals surface area contributed by atoms with Crippen LogP contribution in [0.3, 0.4) is 0 Å². The molecule has 1 aromatic carbocycles. The highest BCUT2D eigenvalue weighted by atomic mass is 32.2. The molecular weight excluding hydrogens is 390 g/mol. The molecule has 0 spiro atoms. The standard InChI is InChI=1S/C21H23N3O2S2/c1-13-8-9-17-16(10-13)11-18(28-17)20-23-24-21(26-20)27-12-19(25)22-14(2)15-6-4-3-5-7-15/h3-7,11,13-14H,8-10,12H2,1-2H3,(H,22,25)/t13-,14+/m0/s1. The molecule has 1 aliphatic carbocycles. The van der Waals surface area contributed by atoms with Crippen molar-refractivity contribution in [3.8, 4) is 10.8 Å². The van der Waals surface area contributed by atoms with Gasteiger partial charge in [-0.3, -0.25) is 4.79 Å². The lowest BCUT2D eigenvalue weighted by Crippen LogP contribution is -2.28. The van der Waals surface area contributed by atoms with Crippen molar-refractivity contribution < 1.29 is 9.21 Å². The zero-order valence-corrected chi connectivity index (χ0v) is 17.6. The van der Waals surface area contributed by atoms with E-state index in [0.29, 0.717) is 11.1 Å². The van der Waals surface area contributed by atoms with Crippen molar-refractivity contribution in [2.24, 2.45) is 5.92 Å². The fourth-order valence-electron chi connectivity index (χ4n) is 3.41. The average Bonchev–Trinajstić information content (AvgIpc) is 3.33. The predicted molar refractivity (Wildman–Crippen MR) is 113 cm³/mol. The van der Waals surface area contributed by atoms with Gasteiger partial charge in [-0.2, -0.15) is 0 Å². The number of aromatic nitrogens is 2. The number of nitrogens with one attached hydrogen (secondary N) is 1. The molecule has 2 atom stereocenters. The lowest BCUT2D eigenvalue weighted by atomic mass is 9.90. The molecule has 146 valence electrons. The van der Waals surface area contributed by atoms with Crippen LogP contribution >= 0.6 is 23.1 Å². The van der Waals surface area contributed by atoms with Gasteiger partial charge in [0.1, 0.15) is 0 Å². The summed E-state index contributed by atoms with van der Waals surface area (Å²) in [5, 5.41) is 11.7. The van der Waals surface area contributed by atoms with Gasteiger partial charge in [0.2, 0.25) is 5.91 Å². The number of nitrogens with zero attached hydrogens (tertiary/aromatic N) is 2. The Morgan fingerprint density at radius 3 is 3.00 bits per heavy atom. The van der Waals surface area contributed by atoms with Crippen LogP contribution in [0, 0.1) is 5.92 Å². The third-order valence-electron chi connectivity index (χ3n) is 4.95. The Balaban J connectivity index is 1.33. The summed E-state index contributed by atoms with van der Waals surface area (Å²) in [6.45, 7) is 4.27. The highest BCUT2D eigenvalue weighted by Crippen LogP contribution is 2.37. The van der Waals surface area contributed by atoms with Gasteiger partial charge in [0.15, 0.2) is 0 Å². The summed E-state index contributed by atoms with van der Waals surface area (Å²) in [4.78, 5) is 14.7. The van der Waals surface area contributed by atoms with Gasteiger partial charge >= 0.3 is 0 Å². The molecule has 2 heterocycles. The number of hydrogen-bond acceptors (Lipinski definition) is 6. The van der Waals surface area contributed by atoms with Crippen LogP contribution in [0.4, 0.5) is 0 Å². The summed E-state index contributed by atoms with van der Waals surface area (Å²) in [6.07, 6.45) is 3.51. The summed E-state index contributed by atoms with van der Waals surface area (Å²) < 4.78 is 5.79. The van der Waals surface area contributed by atoms with Crippen molar-refractivity contribution in [1.29, 1.82) is 0 Å². The molecule has 1 amide bonds. The van der Waals surface area contributed by atoms with Gasteiger partial charge in [0, 0.05) is 4.88 Å². The molecule has 0 saturated carbocycles. The van der Waals surface area contributed by atoms with E-state index in [1.165, 1.54) is 28.6 Å². The van der Waals surface area contributed by atoms with Gasteiger partial charge in [0.05, 0.1) is 16.7 Å². The van der Waals surface area contributed by atoms with Gasteiger partial charge in [0.25, 0.3) is 11.1 Å². The minimum absolute atomic E-state index is 0.0348. The van der Waals surface area contributed by atoms with Gasteiger partial charge in [-0.25, -0.2) is 0 Å². The first kappa shape index (κ1) is 19.2. The number of carbonyl (C=O) groups excluding carboxylic acids is 1. The normalized spacial score (nSPS) is 17.1. The van der Waals surface area contributed by atoms with E-state index in [1.54, 1.807) is 11.3 Å². The number of thioether (sulfide) groups is 1. The maximum absolute atomic E-state index is 12.2. The molecule has 3 aromatic rings. The summed E-state index contributed by atoms with van der Waals surface area (Å²) in [5.74, 6) is 1.48. The molecule has 28 heavy (non-hydrogen) atoms. The Kier molecular flexibility index (Phi) is 5.82. The maximum atomic E-state index is 12.2. The van der Waals surface area contributed by atoms with Crippen LogP contribution in [-0.2, 0) is 17.6 Å². The van der Waals surface area contributed by atoms with Crippen LogP contribution in [0.15, 0.2) is 46.0 Å². The van der Waals surface area contributed by atoms with E-state index in [9.17, 15) is 4.79 Å². The third-order valence-corrected chi connectivity index (χ3v) is 6.99. The van der Waals surface area contributed by atoms with Crippen LogP contribution in [0.2, 0.25) is 0 Å². The number of thiophene rings is 1. The Hall–Kier alpha value is -2.12. The minimum Gasteiger partial charge on any atom is -0.410 e. The molecule has 0 saturated heterocycles. The fraction of sp³-hybridized carbons (Fsp3) is 0.381. The van der Waals surface area contributed by atoms with E-state index in [2.05, 4.69) is 28.5 Å². The molecule has 0 radical (unpaired) electrons. The Labute approximate surface area is 173 Å². The number of rotatable bonds is 6. The quantitative estimate of drug-likeness (QED) is 0.583. The number of aryl methyl sites for hydroxylation is 1. The summed E-state index contributed by atoms with van der Waals surface area (Å²) >= 11 is 3.02. The maximum Gasteiger partial charge on any atom is 0.277 e. The van der Waals surface area contributed by atoms with E-state index < -0.39 is 0 Å². The van der Waals surface area contributed by atoms with Crippen LogP contribution in [0.1, 0.15) is 42.3 Å². The van der Waals surface area contributed by atoms with Crippen LogP contribution < -0.4 is 5.32 Å². The number of amides is 1. The molecular formula is C21H23N3O2S2. The molecule has 0 bridgehead atoms. The van der Waals surface area contributed by atoms with E-state index >= 15 is 0 Å². The second-order valence-corrected chi connectivity index (χ2v) is 9.33. The Morgan fingerprint density at radius 2 is 2.18 bits per heavy atom. The van der Waals surface area contributed by atoms with Crippen LogP contribution in [0.25, 0.3) is 10.8 Å². The number of fused-ring (bicyclic) bond motifs is 1. The molecule has 5 nitrogen and oxygen atoms in total. The number of hydrogen-bond donors (Lipinski definition) is 1. The summed E-state index contributed by atoms with van der Waals surface area (Å²) in [7, 11) is 0. The molecule has 0 fully saturated rings. The largest absolute Gasteiger partial charge is 0.410 e. The topological polar surface area (TPSA) is 68.0 Å². The number of benzene rings is 1. The predicted octanol–water partition coefficient (Wildman–Crippen LogP) is 4.89. The first-order valence-corrected chi connectivity index (χ1v) is 11.3. The zero-order valence-electron chi connectivity index (χ0n) is 16.0. The van der Waals surface area contributed by atoms with Gasteiger partial charge in [-0.05, 0) is 49.3 Å². The highest BCUT2D eigenvalue weighted by molar-refractivity contribution is 7.99. The summed E-state index contributed by atoms with van der Waals surface area (Å²) in [6, 6.07) is 12.1. The SMILES string of the molecule is C[C@H]1CCc2sc(-c3nnc(SCC(=O)N[C@H](C)c4ccccc4)o3)cc2C1. The van der Waals surface area contributed by atoms with Crippen molar-refractivity contribution in [2.75, 3.05) is 5.75 Å². The van der Waals surface area contributed by atoms with E-state index in [-0.39, 0.29) is 17.7 Å². The third kappa shape index (κ3) is 4.47. The van der Waals surface area contributed by atoms with Crippen molar-refractivity contribution in [1.82, 2.24) is 15.5 Å². The molecule has 2 aromatic heterocycles. The molecule has 4 rings (SSSR count). The lowest BCUT2D eigenvalue weighted by Gasteiger charge is -2.16. The molecule has 0 unspecified atom stereocenters. The van der Waals surface area contributed by atoms with E-state index in [0.717, 1.165) is 29.2 Å². The minimum atomic E-state index is -0.0540. The second-order valence-electron chi connectivity index (χ2n) is 7.27. The first-order valence-electron chi connectivity index (χ1n) is 9.51. The molecule has 7 heteroatoms. The van der Waals surface area contributed by atoms with Gasteiger partial charge in [-0.15, -0.1) is 21.5 Å². The van der Waals surface area contributed by atoms with Crippen molar-refractivity contribution in [3.63, 3.8) is 0 Å². The van der Waals surface area contributed by atoms with Crippen molar-refractivity contribution in [3.05, 3.63) is 52.4 Å². The van der Waals surface area contributed by atoms with Crippen molar-refractivity contribution >= 4 is 29.0 Å². The second kappa shape index (κ2) is 8.49. The Bertz CT molecular complexity index is 952. The smallest absolute Gasteiger partial charge is 0.277 e. The molecule has 0 aliphatic heterocycles. The first-order chi connectivity index (χ1) is 13.6. The Morgan fingerprint density at radius 1 is 1.36 bits per heavy atom. The van der Waals surface area contributed by atoms with Crippen molar-refractivity contribution in [2.45, 2.75) is 44.4 Å². The van der Waals surface area contributed by atoms with Crippen LogP contribution in [0.5, 0.6) is 0 Å². The molecule has 1 aliphatic rings. The zero-order chi connectivity index (χ0) is 19.5. The number of carbonyl (C=O) groups is 1. The summed E-state index contributed by atoms with van der Waals surface area (Å²) in [5.41, 5.74) is 2.50. The van der Waals surface area contributed by atoms with E-state index in [1.807, 2.05) is 37.3 Å². The lowest BCUT2D eigenvalue weighted by molar-refractivity contribution is -0.119. The fourth-order valence-corrected chi connectivity index (χ4v) is 5.12. The van der Waals surface area contributed by atoms with Crippen LogP contribution in [-0.4, -0.2) is 21.9 Å². The highest BCUT2D eigenvalue weighted by Gasteiger charge is 2.21. The van der Waals surface area contributed by atoms with E-state index in [4.69, 9.17) is 4.42 Å². The monoisotopic (exact) mass is 413 g/mol. The van der Waals surface area contributed by atoms with Gasteiger partial charge < -0.3 is 9.73 Å². The van der Waals surface area contributed by atoms with Gasteiger partial charge in [-0.1, -0.05) is 49.0 Å².